The predicted molar refractivity (Wildman–Crippen MR) is 59.5 cm³/mol. The Morgan fingerprint density at radius 2 is 2.20 bits per heavy atom. The van der Waals surface area contributed by atoms with Gasteiger partial charge in [0.05, 0.1) is 30.0 Å². The molecule has 0 aliphatic carbocycles. The average Bonchev–Trinajstić information content (AvgIpc) is 2.63. The van der Waals surface area contributed by atoms with Crippen LogP contribution in [0.2, 0.25) is 0 Å². The maximum atomic E-state index is 9.30. The molecule has 2 atom stereocenters. The summed E-state index contributed by atoms with van der Waals surface area (Å²) in [6, 6.07) is 7.61. The Morgan fingerprint density at radius 1 is 1.47 bits per heavy atom. The Labute approximate surface area is 88.3 Å². The van der Waals surface area contributed by atoms with Crippen molar-refractivity contribution in [3.63, 3.8) is 0 Å². The van der Waals surface area contributed by atoms with Crippen molar-refractivity contribution < 1.29 is 5.11 Å². The van der Waals surface area contributed by atoms with Crippen molar-refractivity contribution in [2.75, 3.05) is 6.61 Å². The molecule has 0 aliphatic rings. The van der Waals surface area contributed by atoms with Crippen LogP contribution in [0.1, 0.15) is 13.0 Å². The Hall–Kier alpha value is -1.39. The zero-order valence-electron chi connectivity index (χ0n) is 8.67. The van der Waals surface area contributed by atoms with Crippen LogP contribution in [0.5, 0.6) is 0 Å². The molecule has 2 rings (SSSR count). The largest absolute Gasteiger partial charge is 0.394 e. The Balaban J connectivity index is 2.51. The van der Waals surface area contributed by atoms with E-state index in [2.05, 4.69) is 4.98 Å². The third-order valence-corrected chi connectivity index (χ3v) is 2.63. The number of hydrogen-bond donors (Lipinski definition) is 2. The third-order valence-electron chi connectivity index (χ3n) is 2.63. The molecule has 0 saturated heterocycles. The lowest BCUT2D eigenvalue weighted by Crippen LogP contribution is -2.31. The number of benzene rings is 1. The van der Waals surface area contributed by atoms with Gasteiger partial charge >= 0.3 is 0 Å². The van der Waals surface area contributed by atoms with Gasteiger partial charge in [-0.25, -0.2) is 4.98 Å². The van der Waals surface area contributed by atoms with Gasteiger partial charge in [-0.2, -0.15) is 0 Å². The quantitative estimate of drug-likeness (QED) is 0.783. The van der Waals surface area contributed by atoms with E-state index in [9.17, 15) is 5.11 Å². The van der Waals surface area contributed by atoms with Crippen molar-refractivity contribution in [2.45, 2.75) is 19.0 Å². The van der Waals surface area contributed by atoms with Crippen LogP contribution in [0.15, 0.2) is 30.6 Å². The number of fused-ring (bicyclic) bond motifs is 1. The van der Waals surface area contributed by atoms with Crippen LogP contribution in [0.25, 0.3) is 11.0 Å². The van der Waals surface area contributed by atoms with Gasteiger partial charge in [-0.05, 0) is 19.1 Å². The van der Waals surface area contributed by atoms with Crippen LogP contribution in [0.3, 0.4) is 0 Å². The number of aromatic nitrogens is 2. The molecule has 80 valence electrons. The molecule has 0 aliphatic heterocycles. The second kappa shape index (κ2) is 4.00. The standard InChI is InChI=1S/C11H15N3O/c1-8(12)11(6-15)14-7-13-9-4-2-3-5-10(9)14/h2-5,7-8,11,15H,6,12H2,1H3. The van der Waals surface area contributed by atoms with E-state index in [1.54, 1.807) is 6.33 Å². The van der Waals surface area contributed by atoms with Gasteiger partial charge in [0.2, 0.25) is 0 Å². The van der Waals surface area contributed by atoms with Gasteiger partial charge in [-0.1, -0.05) is 12.1 Å². The highest BCUT2D eigenvalue weighted by Gasteiger charge is 2.16. The molecule has 0 amide bonds. The Morgan fingerprint density at radius 3 is 2.87 bits per heavy atom. The Bertz CT molecular complexity index is 450. The summed E-state index contributed by atoms with van der Waals surface area (Å²) in [7, 11) is 0. The van der Waals surface area contributed by atoms with E-state index < -0.39 is 0 Å². The van der Waals surface area contributed by atoms with Crippen LogP contribution >= 0.6 is 0 Å². The SMILES string of the molecule is CC(N)C(CO)n1cnc2ccccc21. The highest BCUT2D eigenvalue weighted by Crippen LogP contribution is 2.18. The van der Waals surface area contributed by atoms with E-state index in [-0.39, 0.29) is 18.7 Å². The van der Waals surface area contributed by atoms with Crippen LogP contribution in [0.4, 0.5) is 0 Å². The lowest BCUT2D eigenvalue weighted by molar-refractivity contribution is 0.214. The number of nitrogens with zero attached hydrogens (tertiary/aromatic N) is 2. The minimum absolute atomic E-state index is 0.0258. The van der Waals surface area contributed by atoms with Gasteiger partial charge in [0.15, 0.2) is 0 Å². The minimum atomic E-state index is -0.114. The second-order valence-electron chi connectivity index (χ2n) is 3.75. The average molecular weight is 205 g/mol. The lowest BCUT2D eigenvalue weighted by Gasteiger charge is -2.20. The molecular weight excluding hydrogens is 190 g/mol. The van der Waals surface area contributed by atoms with Gasteiger partial charge in [0.1, 0.15) is 0 Å². The normalized spacial score (nSPS) is 15.4. The number of aliphatic hydroxyl groups excluding tert-OH is 1. The van der Waals surface area contributed by atoms with Crippen molar-refractivity contribution in [2.24, 2.45) is 5.73 Å². The fourth-order valence-corrected chi connectivity index (χ4v) is 1.75. The minimum Gasteiger partial charge on any atom is -0.394 e. The van der Waals surface area contributed by atoms with E-state index in [1.165, 1.54) is 0 Å². The third kappa shape index (κ3) is 1.73. The molecule has 3 N–H and O–H groups in total. The van der Waals surface area contributed by atoms with Crippen LogP contribution in [-0.4, -0.2) is 27.3 Å². The molecule has 0 radical (unpaired) electrons. The number of rotatable bonds is 3. The fourth-order valence-electron chi connectivity index (χ4n) is 1.75. The van der Waals surface area contributed by atoms with Gasteiger partial charge in [0.25, 0.3) is 0 Å². The lowest BCUT2D eigenvalue weighted by atomic mass is 10.1. The summed E-state index contributed by atoms with van der Waals surface area (Å²) in [6.45, 7) is 1.91. The molecule has 0 spiro atoms. The highest BCUT2D eigenvalue weighted by molar-refractivity contribution is 5.75. The first-order valence-corrected chi connectivity index (χ1v) is 5.02. The maximum Gasteiger partial charge on any atom is 0.0962 e. The van der Waals surface area contributed by atoms with Crippen LogP contribution < -0.4 is 5.73 Å². The summed E-state index contributed by atoms with van der Waals surface area (Å²) < 4.78 is 1.93. The fraction of sp³-hybridized carbons (Fsp3) is 0.364. The van der Waals surface area contributed by atoms with Gasteiger partial charge in [-0.15, -0.1) is 0 Å². The predicted octanol–water partition coefficient (Wildman–Crippen LogP) is 0.917. The number of para-hydroxylation sites is 2. The molecule has 0 fully saturated rings. The Kier molecular flexibility index (Phi) is 2.70. The molecule has 0 saturated carbocycles. The topological polar surface area (TPSA) is 64.1 Å². The van der Waals surface area contributed by atoms with Crippen molar-refractivity contribution in [3.05, 3.63) is 30.6 Å². The smallest absolute Gasteiger partial charge is 0.0962 e. The van der Waals surface area contributed by atoms with Gasteiger partial charge < -0.3 is 15.4 Å². The summed E-state index contributed by atoms with van der Waals surface area (Å²) in [5, 5.41) is 9.30. The zero-order valence-corrected chi connectivity index (χ0v) is 8.67. The van der Waals surface area contributed by atoms with E-state index >= 15 is 0 Å². The highest BCUT2D eigenvalue weighted by atomic mass is 16.3. The first-order chi connectivity index (χ1) is 7.24. The molecular formula is C11H15N3O. The summed E-state index contributed by atoms with van der Waals surface area (Å²) >= 11 is 0. The molecule has 4 heteroatoms. The summed E-state index contributed by atoms with van der Waals surface area (Å²) in [4.78, 5) is 4.27. The molecule has 1 heterocycles. The summed E-state index contributed by atoms with van der Waals surface area (Å²) in [5.74, 6) is 0. The molecule has 4 nitrogen and oxygen atoms in total. The number of nitrogens with two attached hydrogens (primary N) is 1. The summed E-state index contributed by atoms with van der Waals surface area (Å²) in [6.07, 6.45) is 1.73. The first kappa shape index (κ1) is 10.1. The van der Waals surface area contributed by atoms with Crippen molar-refractivity contribution in [1.29, 1.82) is 0 Å². The second-order valence-corrected chi connectivity index (χ2v) is 3.75. The summed E-state index contributed by atoms with van der Waals surface area (Å²) in [5.41, 5.74) is 7.76. The van der Waals surface area contributed by atoms with Crippen molar-refractivity contribution in [3.8, 4) is 0 Å². The van der Waals surface area contributed by atoms with Crippen LogP contribution in [-0.2, 0) is 0 Å². The molecule has 2 unspecified atom stereocenters. The van der Waals surface area contributed by atoms with E-state index in [0.717, 1.165) is 11.0 Å². The van der Waals surface area contributed by atoms with E-state index in [1.807, 2.05) is 35.8 Å². The molecule has 15 heavy (non-hydrogen) atoms. The van der Waals surface area contributed by atoms with E-state index in [4.69, 9.17) is 5.73 Å². The molecule has 1 aromatic carbocycles. The van der Waals surface area contributed by atoms with Crippen molar-refractivity contribution >= 4 is 11.0 Å². The van der Waals surface area contributed by atoms with Crippen LogP contribution in [0, 0.1) is 0 Å². The zero-order chi connectivity index (χ0) is 10.8. The van der Waals surface area contributed by atoms with Gasteiger partial charge in [-0.3, -0.25) is 0 Å². The number of imidazole rings is 1. The monoisotopic (exact) mass is 205 g/mol. The maximum absolute atomic E-state index is 9.30. The van der Waals surface area contributed by atoms with Gasteiger partial charge in [0, 0.05) is 6.04 Å². The molecule has 0 bridgehead atoms. The number of aliphatic hydroxyl groups is 1. The first-order valence-electron chi connectivity index (χ1n) is 5.02. The van der Waals surface area contributed by atoms with Crippen molar-refractivity contribution in [1.82, 2.24) is 9.55 Å². The molecule has 2 aromatic rings. The molecule has 1 aromatic heterocycles. The number of hydrogen-bond acceptors (Lipinski definition) is 3. The van der Waals surface area contributed by atoms with E-state index in [0.29, 0.717) is 0 Å².